The molecule has 1 aliphatic carbocycles. The number of hydrogen-bond donors (Lipinski definition) is 1. The molecule has 0 fully saturated rings. The van der Waals surface area contributed by atoms with Gasteiger partial charge in [0.2, 0.25) is 0 Å². The fraction of sp³-hybridized carbons (Fsp3) is 0.333. The summed E-state index contributed by atoms with van der Waals surface area (Å²) in [6.07, 6.45) is 7.85. The number of aliphatic hydroxyl groups excluding tert-OH is 1. The highest BCUT2D eigenvalue weighted by Gasteiger charge is 2.33. The summed E-state index contributed by atoms with van der Waals surface area (Å²) >= 11 is 0. The van der Waals surface area contributed by atoms with Gasteiger partial charge in [-0.2, -0.15) is 0 Å². The van der Waals surface area contributed by atoms with Gasteiger partial charge in [0.05, 0.1) is 6.10 Å². The van der Waals surface area contributed by atoms with Crippen LogP contribution in [0.3, 0.4) is 0 Å². The van der Waals surface area contributed by atoms with Gasteiger partial charge in [-0.25, -0.2) is 0 Å². The fourth-order valence-corrected chi connectivity index (χ4v) is 3.84. The molecule has 1 aliphatic rings. The van der Waals surface area contributed by atoms with E-state index in [9.17, 15) is 5.11 Å². The fourth-order valence-electron chi connectivity index (χ4n) is 3.84. The molecule has 0 heterocycles. The molecule has 0 amide bonds. The van der Waals surface area contributed by atoms with E-state index in [1.165, 1.54) is 11.1 Å². The second-order valence-corrected chi connectivity index (χ2v) is 7.45. The molecule has 2 aromatic carbocycles. The van der Waals surface area contributed by atoms with E-state index in [0.717, 1.165) is 13.1 Å². The van der Waals surface area contributed by atoms with Crippen LogP contribution in [-0.4, -0.2) is 22.2 Å². The number of allylic oxidation sites excluding steroid dienone is 2. The third-order valence-corrected chi connectivity index (χ3v) is 5.08. The lowest BCUT2D eigenvalue weighted by Crippen LogP contribution is -2.48. The minimum Gasteiger partial charge on any atom is -0.391 e. The predicted molar refractivity (Wildman–Crippen MR) is 109 cm³/mol. The summed E-state index contributed by atoms with van der Waals surface area (Å²) in [5, 5.41) is 11.2. The van der Waals surface area contributed by atoms with Gasteiger partial charge in [0.1, 0.15) is 0 Å². The highest BCUT2D eigenvalue weighted by molar-refractivity contribution is 5.21. The Morgan fingerprint density at radius 2 is 1.27 bits per heavy atom. The van der Waals surface area contributed by atoms with Gasteiger partial charge >= 0.3 is 0 Å². The molecule has 26 heavy (non-hydrogen) atoms. The number of benzene rings is 2. The average Bonchev–Trinajstić information content (AvgIpc) is 3.18. The lowest BCUT2D eigenvalue weighted by atomic mass is 9.88. The van der Waals surface area contributed by atoms with Crippen molar-refractivity contribution in [2.45, 2.75) is 39.1 Å². The van der Waals surface area contributed by atoms with Crippen LogP contribution in [0.5, 0.6) is 0 Å². The predicted octanol–water partition coefficient (Wildman–Crippen LogP) is 4.82. The van der Waals surface area contributed by atoms with Crippen LogP contribution in [-0.2, 0) is 13.1 Å². The van der Waals surface area contributed by atoms with E-state index in [-0.39, 0.29) is 12.0 Å². The first-order chi connectivity index (χ1) is 12.6. The van der Waals surface area contributed by atoms with Crippen LogP contribution in [0.1, 0.15) is 25.0 Å². The van der Waals surface area contributed by atoms with Crippen molar-refractivity contribution in [1.29, 1.82) is 0 Å². The second-order valence-electron chi connectivity index (χ2n) is 7.45. The van der Waals surface area contributed by atoms with Crippen molar-refractivity contribution in [2.75, 3.05) is 0 Å². The summed E-state index contributed by atoms with van der Waals surface area (Å²) in [5.41, 5.74) is 2.55. The Morgan fingerprint density at radius 1 is 0.808 bits per heavy atom. The average molecular weight is 348 g/mol. The number of hydrogen-bond acceptors (Lipinski definition) is 2. The SMILES string of the molecule is CC(C)[C@@H]([C@H](O)C1C=CC=C1)N(Cc1ccccc1)Cc1ccccc1. The maximum absolute atomic E-state index is 11.2. The normalized spacial score (nSPS) is 16.5. The molecule has 136 valence electrons. The van der Waals surface area contributed by atoms with Gasteiger partial charge in [0.15, 0.2) is 0 Å². The summed E-state index contributed by atoms with van der Waals surface area (Å²) in [6.45, 7) is 6.07. The van der Waals surface area contributed by atoms with Crippen molar-refractivity contribution in [3.05, 3.63) is 96.1 Å². The van der Waals surface area contributed by atoms with Gasteiger partial charge in [-0.3, -0.25) is 4.90 Å². The molecule has 0 radical (unpaired) electrons. The van der Waals surface area contributed by atoms with Gasteiger partial charge in [0.25, 0.3) is 0 Å². The van der Waals surface area contributed by atoms with Crippen molar-refractivity contribution in [2.24, 2.45) is 11.8 Å². The van der Waals surface area contributed by atoms with Crippen LogP contribution >= 0.6 is 0 Å². The molecule has 3 rings (SSSR count). The Bertz CT molecular complexity index is 667. The summed E-state index contributed by atoms with van der Waals surface area (Å²) in [4.78, 5) is 2.43. The third kappa shape index (κ3) is 4.72. The maximum atomic E-state index is 11.2. The molecule has 0 aromatic heterocycles. The number of nitrogens with zero attached hydrogens (tertiary/aromatic N) is 1. The Morgan fingerprint density at radius 3 is 1.69 bits per heavy atom. The Hall–Kier alpha value is -2.16. The van der Waals surface area contributed by atoms with Crippen LogP contribution < -0.4 is 0 Å². The lowest BCUT2D eigenvalue weighted by molar-refractivity contribution is 0.00126. The first kappa shape index (κ1) is 18.6. The van der Waals surface area contributed by atoms with Crippen molar-refractivity contribution >= 4 is 0 Å². The lowest BCUT2D eigenvalue weighted by Gasteiger charge is -2.39. The topological polar surface area (TPSA) is 23.5 Å². The minimum absolute atomic E-state index is 0.0767. The van der Waals surface area contributed by atoms with Crippen LogP contribution in [0.15, 0.2) is 85.0 Å². The van der Waals surface area contributed by atoms with E-state index in [0.29, 0.717) is 5.92 Å². The number of aliphatic hydroxyl groups is 1. The largest absolute Gasteiger partial charge is 0.391 e. The van der Waals surface area contributed by atoms with Crippen molar-refractivity contribution in [3.8, 4) is 0 Å². The molecule has 0 unspecified atom stereocenters. The van der Waals surface area contributed by atoms with E-state index < -0.39 is 6.10 Å². The van der Waals surface area contributed by atoms with Crippen molar-refractivity contribution in [1.82, 2.24) is 4.90 Å². The molecule has 0 spiro atoms. The van der Waals surface area contributed by atoms with Crippen molar-refractivity contribution in [3.63, 3.8) is 0 Å². The van der Waals surface area contributed by atoms with E-state index >= 15 is 0 Å². The first-order valence-corrected chi connectivity index (χ1v) is 9.50. The molecule has 0 saturated carbocycles. The minimum atomic E-state index is -0.419. The molecule has 0 aliphatic heterocycles. The molecule has 2 heteroatoms. The summed E-state index contributed by atoms with van der Waals surface area (Å²) in [5.74, 6) is 0.441. The monoisotopic (exact) mass is 347 g/mol. The maximum Gasteiger partial charge on any atom is 0.0795 e. The summed E-state index contributed by atoms with van der Waals surface area (Å²) in [6, 6.07) is 21.2. The van der Waals surface area contributed by atoms with Gasteiger partial charge in [-0.05, 0) is 17.0 Å². The van der Waals surface area contributed by atoms with Gasteiger partial charge < -0.3 is 5.11 Å². The second kappa shape index (κ2) is 8.98. The molecular formula is C24H29NO. The molecule has 2 aromatic rings. The Labute approximate surface area is 157 Å². The van der Waals surface area contributed by atoms with Crippen molar-refractivity contribution < 1.29 is 5.11 Å². The van der Waals surface area contributed by atoms with Gasteiger partial charge in [-0.1, -0.05) is 98.8 Å². The van der Waals surface area contributed by atoms with Gasteiger partial charge in [-0.15, -0.1) is 0 Å². The van der Waals surface area contributed by atoms with E-state index in [1.54, 1.807) is 0 Å². The Kier molecular flexibility index (Phi) is 6.43. The highest BCUT2D eigenvalue weighted by Crippen LogP contribution is 2.27. The summed E-state index contributed by atoms with van der Waals surface area (Å²) < 4.78 is 0. The molecule has 2 nitrogen and oxygen atoms in total. The van der Waals surface area contributed by atoms with Crippen LogP contribution in [0.4, 0.5) is 0 Å². The molecule has 2 atom stereocenters. The quantitative estimate of drug-likeness (QED) is 0.740. The molecular weight excluding hydrogens is 318 g/mol. The van der Waals surface area contributed by atoms with Crippen LogP contribution in [0.2, 0.25) is 0 Å². The molecule has 0 saturated heterocycles. The van der Waals surface area contributed by atoms with Crippen LogP contribution in [0, 0.1) is 11.8 Å². The molecule has 1 N–H and O–H groups in total. The summed E-state index contributed by atoms with van der Waals surface area (Å²) in [7, 11) is 0. The molecule has 0 bridgehead atoms. The zero-order valence-electron chi connectivity index (χ0n) is 15.7. The van der Waals surface area contributed by atoms with Gasteiger partial charge in [0, 0.05) is 25.0 Å². The Balaban J connectivity index is 1.87. The van der Waals surface area contributed by atoms with E-state index in [2.05, 4.69) is 79.4 Å². The van der Waals surface area contributed by atoms with Crippen LogP contribution in [0.25, 0.3) is 0 Å². The van der Waals surface area contributed by atoms with E-state index in [4.69, 9.17) is 0 Å². The standard InChI is InChI=1S/C24H29NO/c1-19(2)23(24(26)22-15-9-10-16-22)25(17-20-11-5-3-6-12-20)18-21-13-7-4-8-14-21/h3-16,19,22-24,26H,17-18H2,1-2H3/t23-,24+/m0/s1. The van der Waals surface area contributed by atoms with E-state index in [1.807, 2.05) is 24.3 Å². The first-order valence-electron chi connectivity index (χ1n) is 9.50. The highest BCUT2D eigenvalue weighted by atomic mass is 16.3. The zero-order chi connectivity index (χ0) is 18.4. The number of rotatable bonds is 8. The smallest absolute Gasteiger partial charge is 0.0795 e. The third-order valence-electron chi connectivity index (χ3n) is 5.08. The zero-order valence-corrected chi connectivity index (χ0v) is 15.7.